The summed E-state index contributed by atoms with van der Waals surface area (Å²) >= 11 is 0. The number of halogens is 3. The van der Waals surface area contributed by atoms with Gasteiger partial charge >= 0.3 is 15.6 Å². The number of rotatable bonds is 3. The summed E-state index contributed by atoms with van der Waals surface area (Å²) in [7, 11) is -7.50. The Hall–Kier alpha value is -1.42. The Morgan fingerprint density at radius 2 is 1.71 bits per heavy atom. The van der Waals surface area contributed by atoms with Gasteiger partial charge in [-0.05, 0) is 12.1 Å². The Kier molecular flexibility index (Phi) is 3.65. The Balaban J connectivity index is 2.23. The molecule has 0 spiro atoms. The molecular formula is C11H13F3O5SSi. The quantitative estimate of drug-likeness (QED) is 0.480. The number of benzene rings is 1. The normalized spacial score (nSPS) is 18.7. The Labute approximate surface area is 120 Å². The minimum absolute atomic E-state index is 0.164. The van der Waals surface area contributed by atoms with Crippen molar-refractivity contribution in [3.8, 4) is 17.2 Å². The predicted molar refractivity (Wildman–Crippen MR) is 70.4 cm³/mol. The molecule has 0 aromatic heterocycles. The molecule has 10 heteroatoms. The van der Waals surface area contributed by atoms with Crippen LogP contribution in [-0.4, -0.2) is 27.9 Å². The molecule has 1 heterocycles. The molecule has 5 nitrogen and oxygen atoms in total. The average molecular weight is 342 g/mol. The summed E-state index contributed by atoms with van der Waals surface area (Å²) in [4.78, 5) is 0. The van der Waals surface area contributed by atoms with Gasteiger partial charge in [0.25, 0.3) is 0 Å². The van der Waals surface area contributed by atoms with E-state index in [2.05, 4.69) is 4.18 Å². The molecule has 1 aliphatic rings. The molecule has 1 atom stereocenters. The monoisotopic (exact) mass is 342 g/mol. The predicted octanol–water partition coefficient (Wildman–Crippen LogP) is 2.89. The lowest BCUT2D eigenvalue weighted by Crippen LogP contribution is -2.44. The summed E-state index contributed by atoms with van der Waals surface area (Å²) in [6.07, 6.45) is 0. The first kappa shape index (κ1) is 16.0. The van der Waals surface area contributed by atoms with Gasteiger partial charge in [0.1, 0.15) is 13.8 Å². The van der Waals surface area contributed by atoms with Gasteiger partial charge in [0.05, 0.1) is 0 Å². The first-order valence-corrected chi connectivity index (χ1v) is 10.9. The standard InChI is InChI=1S/C11H13F3O5SSi/c1-21(2,3)10-17-8-5-4-7(6-9(8)18-10)19-20(15,16)11(12,13)14/h4-6,10H,1-3H3. The molecule has 118 valence electrons. The second kappa shape index (κ2) is 4.80. The van der Waals surface area contributed by atoms with E-state index in [4.69, 9.17) is 9.47 Å². The maximum atomic E-state index is 12.2. The lowest BCUT2D eigenvalue weighted by molar-refractivity contribution is -0.0500. The average Bonchev–Trinajstić information content (AvgIpc) is 2.69. The van der Waals surface area contributed by atoms with Crippen LogP contribution in [0.15, 0.2) is 18.2 Å². The molecule has 0 fully saturated rings. The third-order valence-corrected chi connectivity index (χ3v) is 5.21. The van der Waals surface area contributed by atoms with E-state index in [0.717, 1.165) is 12.1 Å². The second-order valence-electron chi connectivity index (χ2n) is 5.53. The zero-order valence-corrected chi connectivity index (χ0v) is 13.2. The van der Waals surface area contributed by atoms with Crippen molar-refractivity contribution in [1.29, 1.82) is 0 Å². The molecule has 21 heavy (non-hydrogen) atoms. The van der Waals surface area contributed by atoms with E-state index in [-0.39, 0.29) is 5.75 Å². The van der Waals surface area contributed by atoms with Crippen LogP contribution >= 0.6 is 0 Å². The molecular weight excluding hydrogens is 329 g/mol. The van der Waals surface area contributed by atoms with E-state index in [1.807, 2.05) is 19.6 Å². The largest absolute Gasteiger partial charge is 0.534 e. The summed E-state index contributed by atoms with van der Waals surface area (Å²) in [6.45, 7) is 5.99. The van der Waals surface area contributed by atoms with Gasteiger partial charge in [-0.3, -0.25) is 0 Å². The molecule has 1 aromatic rings. The van der Waals surface area contributed by atoms with Crippen molar-refractivity contribution < 1.29 is 35.2 Å². The van der Waals surface area contributed by atoms with Crippen molar-refractivity contribution in [1.82, 2.24) is 0 Å². The maximum absolute atomic E-state index is 12.2. The van der Waals surface area contributed by atoms with Crippen LogP contribution in [-0.2, 0) is 10.1 Å². The van der Waals surface area contributed by atoms with E-state index >= 15 is 0 Å². The third-order valence-electron chi connectivity index (χ3n) is 2.58. The van der Waals surface area contributed by atoms with Crippen molar-refractivity contribution in [2.45, 2.75) is 31.1 Å². The van der Waals surface area contributed by atoms with Crippen molar-refractivity contribution in [3.05, 3.63) is 18.2 Å². The highest BCUT2D eigenvalue weighted by atomic mass is 32.2. The number of hydrogen-bond donors (Lipinski definition) is 0. The van der Waals surface area contributed by atoms with Gasteiger partial charge in [-0.25, -0.2) is 0 Å². The van der Waals surface area contributed by atoms with E-state index in [1.165, 1.54) is 6.07 Å². The Morgan fingerprint density at radius 1 is 1.14 bits per heavy atom. The van der Waals surface area contributed by atoms with E-state index in [0.29, 0.717) is 5.75 Å². The topological polar surface area (TPSA) is 61.8 Å². The van der Waals surface area contributed by atoms with Crippen molar-refractivity contribution in [3.63, 3.8) is 0 Å². The van der Waals surface area contributed by atoms with Gasteiger partial charge < -0.3 is 13.7 Å². The van der Waals surface area contributed by atoms with Gasteiger partial charge in [0, 0.05) is 6.07 Å². The van der Waals surface area contributed by atoms with Crippen LogP contribution in [0.3, 0.4) is 0 Å². The highest BCUT2D eigenvalue weighted by Crippen LogP contribution is 2.40. The van der Waals surface area contributed by atoms with Crippen LogP contribution in [0.5, 0.6) is 17.2 Å². The molecule has 0 amide bonds. The zero-order valence-electron chi connectivity index (χ0n) is 11.4. The van der Waals surface area contributed by atoms with Crippen LogP contribution in [0.4, 0.5) is 13.2 Å². The summed E-state index contributed by atoms with van der Waals surface area (Å²) in [6, 6.07) is 3.47. The zero-order chi connectivity index (χ0) is 16.1. The van der Waals surface area contributed by atoms with Crippen LogP contribution in [0.2, 0.25) is 19.6 Å². The summed E-state index contributed by atoms with van der Waals surface area (Å²) < 4.78 is 73.7. The molecule has 0 radical (unpaired) electrons. The Bertz CT molecular complexity index is 651. The number of ether oxygens (including phenoxy) is 2. The molecule has 0 aliphatic carbocycles. The number of alkyl halides is 3. The van der Waals surface area contributed by atoms with Gasteiger partial charge in [-0.2, -0.15) is 21.6 Å². The van der Waals surface area contributed by atoms with Crippen LogP contribution in [0, 0.1) is 0 Å². The van der Waals surface area contributed by atoms with Crippen molar-refractivity contribution in [2.24, 2.45) is 0 Å². The van der Waals surface area contributed by atoms with Gasteiger partial charge in [-0.15, -0.1) is 0 Å². The third kappa shape index (κ3) is 3.26. The fourth-order valence-electron chi connectivity index (χ4n) is 1.51. The van der Waals surface area contributed by atoms with Gasteiger partial charge in [0.15, 0.2) is 11.5 Å². The van der Waals surface area contributed by atoms with E-state index < -0.39 is 35.4 Å². The fraction of sp³-hybridized carbons (Fsp3) is 0.455. The summed E-state index contributed by atoms with van der Waals surface area (Å²) in [5, 5.41) is 0. The van der Waals surface area contributed by atoms with Crippen LogP contribution in [0.25, 0.3) is 0 Å². The minimum Gasteiger partial charge on any atom is -0.455 e. The molecule has 2 rings (SSSR count). The Morgan fingerprint density at radius 3 is 2.24 bits per heavy atom. The van der Waals surface area contributed by atoms with E-state index in [1.54, 1.807) is 0 Å². The number of hydrogen-bond acceptors (Lipinski definition) is 5. The second-order valence-corrected chi connectivity index (χ2v) is 12.3. The smallest absolute Gasteiger partial charge is 0.455 e. The lowest BCUT2D eigenvalue weighted by Gasteiger charge is -2.22. The first-order valence-electron chi connectivity index (χ1n) is 5.88. The summed E-state index contributed by atoms with van der Waals surface area (Å²) in [5.41, 5.74) is -5.48. The molecule has 0 saturated carbocycles. The highest BCUT2D eigenvalue weighted by molar-refractivity contribution is 7.88. The molecule has 1 aliphatic heterocycles. The summed E-state index contributed by atoms with van der Waals surface area (Å²) in [5.74, 6) is -0.454. The maximum Gasteiger partial charge on any atom is 0.534 e. The highest BCUT2D eigenvalue weighted by Gasteiger charge is 2.48. The van der Waals surface area contributed by atoms with Crippen molar-refractivity contribution >= 4 is 18.2 Å². The van der Waals surface area contributed by atoms with Crippen molar-refractivity contribution in [2.75, 3.05) is 0 Å². The van der Waals surface area contributed by atoms with Crippen LogP contribution in [0.1, 0.15) is 0 Å². The molecule has 0 N–H and O–H groups in total. The fourth-order valence-corrected chi connectivity index (χ4v) is 2.92. The molecule has 0 saturated heterocycles. The molecule has 1 aromatic carbocycles. The van der Waals surface area contributed by atoms with Crippen LogP contribution < -0.4 is 13.7 Å². The number of fused-ring (bicyclic) bond motifs is 1. The molecule has 0 bridgehead atoms. The first-order chi connectivity index (χ1) is 9.40. The van der Waals surface area contributed by atoms with Gasteiger partial charge in [0.2, 0.25) is 5.91 Å². The van der Waals surface area contributed by atoms with Gasteiger partial charge in [-0.1, -0.05) is 19.6 Å². The minimum atomic E-state index is -5.70. The SMILES string of the molecule is C[Si](C)(C)C1Oc2ccc(OS(=O)(=O)C(F)(F)F)cc2O1. The van der Waals surface area contributed by atoms with E-state index in [9.17, 15) is 21.6 Å². The lowest BCUT2D eigenvalue weighted by atomic mass is 10.3. The molecule has 1 unspecified atom stereocenters.